The number of benzene rings is 2. The van der Waals surface area contributed by atoms with Crippen molar-refractivity contribution in [2.75, 3.05) is 6.54 Å². The van der Waals surface area contributed by atoms with Crippen LogP contribution in [0, 0.1) is 0 Å². The molecule has 186 valence electrons. The standard InChI is InChI=1S/C16H13N6.3C4H9.Sn/c1-2-4-11(5-3-1)14-10-17-18-15(14)12-6-8-13(9-7-12)16-19-21-22-20-16;3*1-3-4-2;/h1-9,14,17H,10H2;3*1,3-4H2,2H3;/q-1;;;;+1. The molecule has 3 aromatic rings. The number of rotatable bonds is 13. The second kappa shape index (κ2) is 12.7. The number of aromatic nitrogens is 4. The molecule has 1 unspecified atom stereocenters. The number of unbranched alkanes of at least 4 members (excludes halogenated alkanes) is 3. The number of nitrogens with zero attached hydrogens (tertiary/aromatic N) is 5. The van der Waals surface area contributed by atoms with Crippen LogP contribution in [0.15, 0.2) is 59.7 Å². The van der Waals surface area contributed by atoms with Crippen molar-refractivity contribution >= 4 is 24.4 Å². The fourth-order valence-electron chi connectivity index (χ4n) is 5.14. The Balaban J connectivity index is 1.56. The van der Waals surface area contributed by atoms with Crippen LogP contribution in [0.4, 0.5) is 0 Å². The molecule has 0 fully saturated rings. The summed E-state index contributed by atoms with van der Waals surface area (Å²) in [5, 5.41) is 18.9. The minimum absolute atomic E-state index is 0.270. The Hall–Kier alpha value is -2.22. The second-order valence-electron chi connectivity index (χ2n) is 9.84. The third-order valence-corrected chi connectivity index (χ3v) is 21.2. The molecule has 6 nitrogen and oxygen atoms in total. The predicted molar refractivity (Wildman–Crippen MR) is 147 cm³/mol. The molecule has 0 amide bonds. The third kappa shape index (κ3) is 6.13. The molecule has 0 aliphatic carbocycles. The van der Waals surface area contributed by atoms with Crippen molar-refractivity contribution in [3.05, 3.63) is 65.7 Å². The van der Waals surface area contributed by atoms with Crippen LogP contribution in [-0.2, 0) is 0 Å². The Kier molecular flexibility index (Phi) is 9.35. The second-order valence-corrected chi connectivity index (χ2v) is 22.2. The van der Waals surface area contributed by atoms with Crippen LogP contribution in [0.25, 0.3) is 11.4 Å². The van der Waals surface area contributed by atoms with E-state index in [1.54, 1.807) is 0 Å². The van der Waals surface area contributed by atoms with E-state index in [0.717, 1.165) is 29.2 Å². The van der Waals surface area contributed by atoms with Gasteiger partial charge in [-0.15, -0.1) is 0 Å². The van der Waals surface area contributed by atoms with Crippen molar-refractivity contribution in [3.63, 3.8) is 0 Å². The minimum atomic E-state index is -2.74. The molecule has 1 aliphatic rings. The number of hydrazone groups is 1. The predicted octanol–water partition coefficient (Wildman–Crippen LogP) is 6.63. The molecule has 2 heterocycles. The van der Waals surface area contributed by atoms with E-state index in [1.165, 1.54) is 57.4 Å². The van der Waals surface area contributed by atoms with Crippen molar-refractivity contribution in [2.24, 2.45) is 5.10 Å². The number of nitrogens with one attached hydrogen (secondary N) is 1. The van der Waals surface area contributed by atoms with Gasteiger partial charge in [-0.3, -0.25) is 0 Å². The molecule has 0 bridgehead atoms. The van der Waals surface area contributed by atoms with Crippen LogP contribution < -0.4 is 5.43 Å². The van der Waals surface area contributed by atoms with Crippen LogP contribution in [0.3, 0.4) is 0 Å². The summed E-state index contributed by atoms with van der Waals surface area (Å²) in [6.07, 6.45) is 7.57. The number of hydrogen-bond acceptors (Lipinski definition) is 5. The van der Waals surface area contributed by atoms with E-state index < -0.39 is 18.7 Å². The van der Waals surface area contributed by atoms with E-state index in [1.807, 2.05) is 0 Å². The monoisotopic (exact) mass is 580 g/mol. The molecule has 0 saturated carbocycles. The summed E-state index contributed by atoms with van der Waals surface area (Å²) in [5.74, 6) is 1.03. The van der Waals surface area contributed by atoms with Gasteiger partial charge in [0.2, 0.25) is 0 Å². The molecule has 0 spiro atoms. The molecule has 4 rings (SSSR count). The molecule has 0 saturated heterocycles. The first kappa shape index (κ1) is 25.9. The third-order valence-electron chi connectivity index (χ3n) is 7.29. The van der Waals surface area contributed by atoms with Gasteiger partial charge >= 0.3 is 209 Å². The fourth-order valence-corrected chi connectivity index (χ4v) is 19.2. The van der Waals surface area contributed by atoms with Crippen LogP contribution >= 0.6 is 0 Å². The Morgan fingerprint density at radius 2 is 1.43 bits per heavy atom. The normalized spacial score (nSPS) is 15.7. The van der Waals surface area contributed by atoms with Gasteiger partial charge < -0.3 is 0 Å². The van der Waals surface area contributed by atoms with Crippen LogP contribution in [0.5, 0.6) is 0 Å². The summed E-state index contributed by atoms with van der Waals surface area (Å²) in [5.41, 5.74) is 7.75. The van der Waals surface area contributed by atoms with Crippen molar-refractivity contribution in [1.82, 2.24) is 23.9 Å². The van der Waals surface area contributed by atoms with Gasteiger partial charge in [-0.1, -0.05) is 6.07 Å². The van der Waals surface area contributed by atoms with Gasteiger partial charge in [-0.05, 0) is 0 Å². The molecule has 1 aromatic heterocycles. The molecule has 35 heavy (non-hydrogen) atoms. The van der Waals surface area contributed by atoms with Crippen LogP contribution in [0.1, 0.15) is 76.3 Å². The summed E-state index contributed by atoms with van der Waals surface area (Å²) < 4.78 is 6.16. The van der Waals surface area contributed by atoms with Gasteiger partial charge in [0.05, 0.1) is 0 Å². The van der Waals surface area contributed by atoms with Gasteiger partial charge in [0.15, 0.2) is 0 Å². The van der Waals surface area contributed by atoms with Crippen molar-refractivity contribution in [2.45, 2.75) is 78.5 Å². The maximum absolute atomic E-state index is 5.05. The Morgan fingerprint density at radius 3 is 2.03 bits per heavy atom. The van der Waals surface area contributed by atoms with E-state index >= 15 is 0 Å². The molecule has 2 aromatic carbocycles. The van der Waals surface area contributed by atoms with Gasteiger partial charge in [-0.25, -0.2) is 0 Å². The quantitative estimate of drug-likeness (QED) is 0.231. The van der Waals surface area contributed by atoms with E-state index in [0.29, 0.717) is 0 Å². The van der Waals surface area contributed by atoms with Crippen molar-refractivity contribution in [3.8, 4) is 11.4 Å². The Labute approximate surface area is 214 Å². The first-order chi connectivity index (χ1) is 17.2. The van der Waals surface area contributed by atoms with Crippen molar-refractivity contribution in [1.29, 1.82) is 0 Å². The van der Waals surface area contributed by atoms with Gasteiger partial charge in [0.25, 0.3) is 0 Å². The summed E-state index contributed by atoms with van der Waals surface area (Å²) >= 11 is -2.74. The Bertz CT molecular complexity index is 1050. The van der Waals surface area contributed by atoms with E-state index in [-0.39, 0.29) is 5.92 Å². The van der Waals surface area contributed by atoms with Crippen molar-refractivity contribution < 1.29 is 0 Å². The summed E-state index contributed by atoms with van der Waals surface area (Å²) in [4.78, 5) is 0. The zero-order valence-electron chi connectivity index (χ0n) is 21.6. The zero-order chi connectivity index (χ0) is 24.5. The first-order valence-electron chi connectivity index (χ1n) is 13.5. The van der Waals surface area contributed by atoms with E-state index in [4.69, 9.17) is 10.3 Å². The zero-order valence-corrected chi connectivity index (χ0v) is 24.4. The van der Waals surface area contributed by atoms with E-state index in [9.17, 15) is 0 Å². The molecule has 7 heteroatoms. The van der Waals surface area contributed by atoms with E-state index in [2.05, 4.69) is 94.0 Å². The van der Waals surface area contributed by atoms with Gasteiger partial charge in [0, 0.05) is 0 Å². The molecule has 0 radical (unpaired) electrons. The van der Waals surface area contributed by atoms with Gasteiger partial charge in [-0.2, -0.15) is 0 Å². The van der Waals surface area contributed by atoms with Crippen LogP contribution in [0.2, 0.25) is 13.3 Å². The van der Waals surface area contributed by atoms with Gasteiger partial charge in [0.1, 0.15) is 0 Å². The topological polar surface area (TPSA) is 68.0 Å². The molecule has 1 N–H and O–H groups in total. The number of hydrogen-bond donors (Lipinski definition) is 1. The first-order valence-corrected chi connectivity index (χ1v) is 20.8. The molecular formula is C28H40N6Sn. The molecule has 1 aliphatic heterocycles. The molecule has 1 atom stereocenters. The average Bonchev–Trinajstić information content (AvgIpc) is 3.60. The summed E-state index contributed by atoms with van der Waals surface area (Å²) in [6.45, 7) is 7.72. The Morgan fingerprint density at radius 1 is 0.829 bits per heavy atom. The summed E-state index contributed by atoms with van der Waals surface area (Å²) in [6, 6.07) is 19.2. The average molecular weight is 579 g/mol. The summed E-state index contributed by atoms with van der Waals surface area (Å²) in [7, 11) is 0. The fraction of sp³-hybridized carbons (Fsp3) is 0.500. The maximum atomic E-state index is 5.05. The SMILES string of the molecule is CCC[CH2][Sn]([CH2]CCC)([CH2]CCC)[n]1nnc(-c2ccc(C3=NNCC3c3ccccc3)cc2)n1. The molecular weight excluding hydrogens is 539 g/mol. The number of tetrazole rings is 1. The van der Waals surface area contributed by atoms with Crippen LogP contribution in [-0.4, -0.2) is 49.3 Å².